The average Bonchev–Trinajstić information content (AvgIpc) is 2.90. The van der Waals surface area contributed by atoms with Gasteiger partial charge in [0.15, 0.2) is 0 Å². The van der Waals surface area contributed by atoms with Gasteiger partial charge in [-0.2, -0.15) is 0 Å². The summed E-state index contributed by atoms with van der Waals surface area (Å²) in [6, 6.07) is 13.4. The fourth-order valence-corrected chi connectivity index (χ4v) is 3.76. The van der Waals surface area contributed by atoms with Gasteiger partial charge >= 0.3 is 5.97 Å². The predicted molar refractivity (Wildman–Crippen MR) is 113 cm³/mol. The molecule has 1 aliphatic heterocycles. The summed E-state index contributed by atoms with van der Waals surface area (Å²) in [5, 5.41) is 0.544. The number of carbonyl (C=O) groups excluding carboxylic acids is 2. The lowest BCUT2D eigenvalue weighted by Crippen LogP contribution is -2.27. The molecule has 2 aromatic carbocycles. The van der Waals surface area contributed by atoms with Gasteiger partial charge < -0.3 is 4.74 Å². The van der Waals surface area contributed by atoms with Crippen LogP contribution in [-0.4, -0.2) is 27.6 Å². The fraction of sp³-hybridized carbons (Fsp3) is 0.0500. The van der Waals surface area contributed by atoms with Crippen molar-refractivity contribution in [3.05, 3.63) is 82.2 Å². The van der Waals surface area contributed by atoms with Crippen LogP contribution in [0.1, 0.15) is 15.9 Å². The van der Waals surface area contributed by atoms with Crippen molar-refractivity contribution in [1.29, 1.82) is 0 Å². The minimum absolute atomic E-state index is 0.159. The molecule has 0 aromatic heterocycles. The van der Waals surface area contributed by atoms with E-state index in [1.54, 1.807) is 54.6 Å². The van der Waals surface area contributed by atoms with Crippen molar-refractivity contribution in [1.82, 2.24) is 4.90 Å². The molecule has 0 aliphatic carbocycles. The van der Waals surface area contributed by atoms with E-state index in [9.17, 15) is 9.59 Å². The van der Waals surface area contributed by atoms with Gasteiger partial charge in [-0.3, -0.25) is 9.69 Å². The van der Waals surface area contributed by atoms with Gasteiger partial charge in [0, 0.05) is 11.6 Å². The molecule has 0 N–H and O–H groups in total. The van der Waals surface area contributed by atoms with Gasteiger partial charge in [-0.15, -0.1) is 6.58 Å². The summed E-state index contributed by atoms with van der Waals surface area (Å²) in [4.78, 5) is 26.6. The first-order chi connectivity index (χ1) is 13.0. The Labute approximate surface area is 171 Å². The molecule has 3 rings (SSSR count). The molecule has 1 saturated heterocycles. The number of thioether (sulfide) groups is 1. The molecule has 27 heavy (non-hydrogen) atoms. The van der Waals surface area contributed by atoms with Crippen LogP contribution in [0, 0.1) is 0 Å². The number of benzene rings is 2. The van der Waals surface area contributed by atoms with E-state index in [1.165, 1.54) is 16.7 Å². The minimum Gasteiger partial charge on any atom is -0.423 e. The molecule has 1 heterocycles. The van der Waals surface area contributed by atoms with Crippen LogP contribution >= 0.6 is 35.6 Å². The highest BCUT2D eigenvalue weighted by Crippen LogP contribution is 2.32. The zero-order valence-electron chi connectivity index (χ0n) is 14.1. The van der Waals surface area contributed by atoms with Crippen molar-refractivity contribution in [3.8, 4) is 5.75 Å². The van der Waals surface area contributed by atoms with Crippen LogP contribution in [0.15, 0.2) is 66.1 Å². The lowest BCUT2D eigenvalue weighted by atomic mass is 10.2. The van der Waals surface area contributed by atoms with Gasteiger partial charge in [-0.05, 0) is 48.0 Å². The summed E-state index contributed by atoms with van der Waals surface area (Å²) in [6.07, 6.45) is 3.35. The van der Waals surface area contributed by atoms with Crippen molar-refractivity contribution < 1.29 is 14.3 Å². The van der Waals surface area contributed by atoms with Gasteiger partial charge in [-0.1, -0.05) is 53.8 Å². The molecule has 0 radical (unpaired) electrons. The summed E-state index contributed by atoms with van der Waals surface area (Å²) >= 11 is 12.3. The van der Waals surface area contributed by atoms with Crippen LogP contribution in [0.4, 0.5) is 0 Å². The molecular weight excluding hydrogens is 402 g/mol. The van der Waals surface area contributed by atoms with E-state index in [4.69, 9.17) is 28.6 Å². The molecule has 0 atom stereocenters. The number of ether oxygens (including phenoxy) is 1. The average molecular weight is 416 g/mol. The van der Waals surface area contributed by atoms with Crippen LogP contribution in [0.3, 0.4) is 0 Å². The Balaban J connectivity index is 1.77. The van der Waals surface area contributed by atoms with Gasteiger partial charge in [0.25, 0.3) is 5.91 Å². The smallest absolute Gasteiger partial charge is 0.343 e. The van der Waals surface area contributed by atoms with E-state index in [0.29, 0.717) is 32.1 Å². The Kier molecular flexibility index (Phi) is 6.11. The molecule has 0 saturated carbocycles. The first-order valence-corrected chi connectivity index (χ1v) is 9.52. The maximum absolute atomic E-state index is 12.4. The topological polar surface area (TPSA) is 46.6 Å². The summed E-state index contributed by atoms with van der Waals surface area (Å²) in [7, 11) is 0. The fourth-order valence-electron chi connectivity index (χ4n) is 2.36. The molecule has 1 aliphatic rings. The van der Waals surface area contributed by atoms with E-state index in [0.717, 1.165) is 5.56 Å². The second-order valence-corrected chi connectivity index (χ2v) is 7.66. The number of rotatable bonds is 5. The Morgan fingerprint density at radius 2 is 2.00 bits per heavy atom. The monoisotopic (exact) mass is 415 g/mol. The molecule has 0 bridgehead atoms. The molecule has 1 amide bonds. The number of hydrogen-bond acceptors (Lipinski definition) is 5. The third-order valence-corrected chi connectivity index (χ3v) is 5.26. The van der Waals surface area contributed by atoms with Crippen LogP contribution in [0.5, 0.6) is 5.75 Å². The van der Waals surface area contributed by atoms with Gasteiger partial charge in [-0.25, -0.2) is 4.79 Å². The van der Waals surface area contributed by atoms with E-state index in [1.807, 2.05) is 6.07 Å². The number of carbonyl (C=O) groups is 2. The van der Waals surface area contributed by atoms with Crippen LogP contribution in [0.25, 0.3) is 6.08 Å². The van der Waals surface area contributed by atoms with Crippen LogP contribution < -0.4 is 4.74 Å². The zero-order chi connectivity index (χ0) is 19.4. The van der Waals surface area contributed by atoms with E-state index in [-0.39, 0.29) is 5.91 Å². The number of esters is 1. The van der Waals surface area contributed by atoms with Crippen LogP contribution in [0.2, 0.25) is 5.02 Å². The van der Waals surface area contributed by atoms with Crippen molar-refractivity contribution >= 4 is 57.9 Å². The molecule has 1 fully saturated rings. The standard InChI is InChI=1S/C20H14ClNO3S2/c1-2-10-22-18(23)17(27-20(22)26)12-13-4-3-5-16(11-13)25-19(24)14-6-8-15(21)9-7-14/h2-9,11-12H,1,10H2/b17-12+. The zero-order valence-corrected chi connectivity index (χ0v) is 16.4. The largest absolute Gasteiger partial charge is 0.423 e. The Morgan fingerprint density at radius 3 is 2.70 bits per heavy atom. The quantitative estimate of drug-likeness (QED) is 0.227. The Morgan fingerprint density at radius 1 is 1.26 bits per heavy atom. The molecule has 4 nitrogen and oxygen atoms in total. The Bertz CT molecular complexity index is 954. The molecule has 2 aromatic rings. The number of thiocarbonyl (C=S) groups is 1. The summed E-state index contributed by atoms with van der Waals surface area (Å²) in [6.45, 7) is 4.01. The molecule has 7 heteroatoms. The van der Waals surface area contributed by atoms with E-state index >= 15 is 0 Å². The SMILES string of the molecule is C=CCN1C(=O)/C(=C\c2cccc(OC(=O)c3ccc(Cl)cc3)c2)SC1=S. The van der Waals surface area contributed by atoms with Gasteiger partial charge in [0.05, 0.1) is 10.5 Å². The molecule has 0 unspecified atom stereocenters. The summed E-state index contributed by atoms with van der Waals surface area (Å²) in [5.74, 6) is -0.264. The second kappa shape index (κ2) is 8.52. The normalized spacial score (nSPS) is 15.3. The molecule has 0 spiro atoms. The summed E-state index contributed by atoms with van der Waals surface area (Å²) < 4.78 is 5.90. The minimum atomic E-state index is -0.485. The van der Waals surface area contributed by atoms with Gasteiger partial charge in [0.1, 0.15) is 10.1 Å². The molecule has 136 valence electrons. The maximum Gasteiger partial charge on any atom is 0.343 e. The first kappa shape index (κ1) is 19.4. The highest BCUT2D eigenvalue weighted by Gasteiger charge is 2.30. The lowest BCUT2D eigenvalue weighted by Gasteiger charge is -2.10. The van der Waals surface area contributed by atoms with Crippen molar-refractivity contribution in [2.75, 3.05) is 6.54 Å². The Hall–Kier alpha value is -2.41. The third kappa shape index (κ3) is 4.66. The van der Waals surface area contributed by atoms with Crippen molar-refractivity contribution in [2.45, 2.75) is 0 Å². The first-order valence-electron chi connectivity index (χ1n) is 7.92. The number of nitrogens with zero attached hydrogens (tertiary/aromatic N) is 1. The van der Waals surface area contributed by atoms with Crippen LogP contribution in [-0.2, 0) is 4.79 Å². The second-order valence-electron chi connectivity index (χ2n) is 5.55. The third-order valence-electron chi connectivity index (χ3n) is 3.63. The number of halogens is 1. The van der Waals surface area contributed by atoms with E-state index < -0.39 is 5.97 Å². The number of hydrogen-bond donors (Lipinski definition) is 0. The van der Waals surface area contributed by atoms with Gasteiger partial charge in [0.2, 0.25) is 0 Å². The predicted octanol–water partition coefficient (Wildman–Crippen LogP) is 4.95. The summed E-state index contributed by atoms with van der Waals surface area (Å²) in [5.41, 5.74) is 1.13. The maximum atomic E-state index is 12.4. The van der Waals surface area contributed by atoms with Crippen molar-refractivity contribution in [3.63, 3.8) is 0 Å². The lowest BCUT2D eigenvalue weighted by molar-refractivity contribution is -0.121. The highest BCUT2D eigenvalue weighted by molar-refractivity contribution is 8.26. The highest BCUT2D eigenvalue weighted by atomic mass is 35.5. The van der Waals surface area contributed by atoms with Crippen molar-refractivity contribution in [2.24, 2.45) is 0 Å². The molecular formula is C20H14ClNO3S2. The number of amides is 1. The van der Waals surface area contributed by atoms with E-state index in [2.05, 4.69) is 6.58 Å².